The molecule has 0 aliphatic heterocycles. The van der Waals surface area contributed by atoms with Crippen LogP contribution in [-0.2, 0) is 14.3 Å². The predicted molar refractivity (Wildman–Crippen MR) is 77.3 cm³/mol. The Balaban J connectivity index is 2.31. The largest absolute Gasteiger partial charge is 0.454 e. The second kappa shape index (κ2) is 8.63. The monoisotopic (exact) mass is 327 g/mol. The molecule has 3 N–H and O–H groups in total. The molecule has 22 heavy (non-hydrogen) atoms. The van der Waals surface area contributed by atoms with Gasteiger partial charge in [0.2, 0.25) is 0 Å². The Morgan fingerprint density at radius 2 is 1.77 bits per heavy atom. The van der Waals surface area contributed by atoms with Gasteiger partial charge in [0.15, 0.2) is 6.61 Å². The fraction of sp³-hybridized carbons (Fsp3) is 0.231. The van der Waals surface area contributed by atoms with Crippen molar-refractivity contribution in [2.24, 2.45) is 0 Å². The lowest BCUT2D eigenvalue weighted by atomic mass is 10.2. The number of hydrogen-bond donors (Lipinski definition) is 3. The van der Waals surface area contributed by atoms with Crippen LogP contribution in [0.2, 0.25) is 5.02 Å². The highest BCUT2D eigenvalue weighted by atomic mass is 35.5. The molecule has 9 heteroatoms. The normalized spacial score (nSPS) is 9.55. The van der Waals surface area contributed by atoms with Crippen LogP contribution in [0.3, 0.4) is 0 Å². The van der Waals surface area contributed by atoms with E-state index in [2.05, 4.69) is 15.4 Å². The Kier molecular flexibility index (Phi) is 6.84. The van der Waals surface area contributed by atoms with Crippen LogP contribution in [0.1, 0.15) is 10.4 Å². The van der Waals surface area contributed by atoms with Gasteiger partial charge in [-0.15, -0.1) is 0 Å². The number of ether oxygens (including phenoxy) is 1. The molecule has 0 aromatic heterocycles. The topological polar surface area (TPSA) is 114 Å². The number of rotatable bonds is 5. The third-order valence-corrected chi connectivity index (χ3v) is 2.60. The van der Waals surface area contributed by atoms with Gasteiger partial charge >= 0.3 is 12.0 Å². The third-order valence-electron chi connectivity index (χ3n) is 2.34. The number of hydrogen-bond acceptors (Lipinski definition) is 5. The highest BCUT2D eigenvalue weighted by Crippen LogP contribution is 2.09. The fourth-order valence-corrected chi connectivity index (χ4v) is 1.40. The summed E-state index contributed by atoms with van der Waals surface area (Å²) < 4.78 is 4.59. The number of urea groups is 1. The summed E-state index contributed by atoms with van der Waals surface area (Å²) in [5.74, 6) is -2.07. The summed E-state index contributed by atoms with van der Waals surface area (Å²) in [5.41, 5.74) is 0.328. The molecule has 0 aliphatic rings. The van der Waals surface area contributed by atoms with E-state index in [-0.39, 0.29) is 0 Å². The molecule has 1 aromatic rings. The molecule has 0 unspecified atom stereocenters. The van der Waals surface area contributed by atoms with Gasteiger partial charge in [-0.3, -0.25) is 19.7 Å². The number of carbonyl (C=O) groups is 4. The SMILES string of the molecule is CNC(=O)NC(=O)COC(=O)CNC(=O)c1ccc(Cl)cc1. The van der Waals surface area contributed by atoms with E-state index in [1.165, 1.54) is 31.3 Å². The Bertz CT molecular complexity index is 574. The molecule has 8 nitrogen and oxygen atoms in total. The number of benzene rings is 1. The lowest BCUT2D eigenvalue weighted by molar-refractivity contribution is -0.147. The molecule has 0 atom stereocenters. The van der Waals surface area contributed by atoms with Gasteiger partial charge in [0, 0.05) is 17.6 Å². The van der Waals surface area contributed by atoms with Crippen molar-refractivity contribution in [3.63, 3.8) is 0 Å². The first kappa shape index (κ1) is 17.4. The minimum absolute atomic E-state index is 0.328. The van der Waals surface area contributed by atoms with E-state index in [0.29, 0.717) is 10.6 Å². The molecule has 118 valence electrons. The summed E-state index contributed by atoms with van der Waals surface area (Å²) in [4.78, 5) is 45.0. The maximum atomic E-state index is 11.7. The highest BCUT2D eigenvalue weighted by molar-refractivity contribution is 6.30. The zero-order chi connectivity index (χ0) is 16.5. The molecule has 0 saturated carbocycles. The third kappa shape index (κ3) is 6.23. The number of amides is 4. The van der Waals surface area contributed by atoms with Gasteiger partial charge in [0.25, 0.3) is 11.8 Å². The standard InChI is InChI=1S/C13H14ClN3O5/c1-15-13(21)17-10(18)7-22-11(19)6-16-12(20)8-2-4-9(14)5-3-8/h2-5H,6-7H2,1H3,(H,16,20)(H2,15,17,18,21). The Labute approximate surface area is 131 Å². The first-order valence-corrected chi connectivity index (χ1v) is 6.51. The number of esters is 1. The maximum Gasteiger partial charge on any atom is 0.325 e. The molecule has 0 heterocycles. The van der Waals surface area contributed by atoms with Crippen molar-refractivity contribution in [1.29, 1.82) is 0 Å². The molecule has 4 amide bonds. The summed E-state index contributed by atoms with van der Waals surface area (Å²) in [6.45, 7) is -1.03. The summed E-state index contributed by atoms with van der Waals surface area (Å²) in [5, 5.41) is 6.89. The molecular weight excluding hydrogens is 314 g/mol. The van der Waals surface area contributed by atoms with Crippen molar-refractivity contribution in [1.82, 2.24) is 16.0 Å². The smallest absolute Gasteiger partial charge is 0.325 e. The van der Waals surface area contributed by atoms with E-state index in [0.717, 1.165) is 0 Å². The van der Waals surface area contributed by atoms with Crippen LogP contribution in [0.5, 0.6) is 0 Å². The Morgan fingerprint density at radius 3 is 2.36 bits per heavy atom. The summed E-state index contributed by atoms with van der Waals surface area (Å²) in [7, 11) is 1.33. The maximum absolute atomic E-state index is 11.7. The second-order valence-corrected chi connectivity index (χ2v) is 4.41. The van der Waals surface area contributed by atoms with E-state index in [1.807, 2.05) is 5.32 Å². The van der Waals surface area contributed by atoms with Crippen molar-refractivity contribution in [2.45, 2.75) is 0 Å². The van der Waals surface area contributed by atoms with E-state index in [9.17, 15) is 19.2 Å². The van der Waals surface area contributed by atoms with Crippen molar-refractivity contribution in [3.8, 4) is 0 Å². The summed E-state index contributed by atoms with van der Waals surface area (Å²) in [6, 6.07) is 5.37. The van der Waals surface area contributed by atoms with Crippen molar-refractivity contribution >= 4 is 35.4 Å². The summed E-state index contributed by atoms with van der Waals surface area (Å²) >= 11 is 5.69. The van der Waals surface area contributed by atoms with Crippen LogP contribution in [0.15, 0.2) is 24.3 Å². The van der Waals surface area contributed by atoms with Crippen LogP contribution in [0, 0.1) is 0 Å². The molecule has 0 saturated heterocycles. The lowest BCUT2D eigenvalue weighted by Gasteiger charge is -2.07. The molecule has 0 radical (unpaired) electrons. The molecule has 0 spiro atoms. The van der Waals surface area contributed by atoms with Gasteiger partial charge in [-0.1, -0.05) is 11.6 Å². The van der Waals surface area contributed by atoms with Gasteiger partial charge in [0.1, 0.15) is 6.54 Å². The van der Waals surface area contributed by atoms with Crippen molar-refractivity contribution < 1.29 is 23.9 Å². The van der Waals surface area contributed by atoms with E-state index in [1.54, 1.807) is 0 Å². The molecule has 1 rings (SSSR count). The minimum atomic E-state index is -0.811. The number of halogens is 1. The number of carbonyl (C=O) groups excluding carboxylic acids is 4. The van der Waals surface area contributed by atoms with Gasteiger partial charge < -0.3 is 15.4 Å². The molecular formula is C13H14ClN3O5. The quantitative estimate of drug-likeness (QED) is 0.662. The zero-order valence-electron chi connectivity index (χ0n) is 11.6. The van der Waals surface area contributed by atoms with Crippen LogP contribution in [0.4, 0.5) is 4.79 Å². The Hall–Kier alpha value is -2.61. The molecule has 0 fully saturated rings. The first-order valence-electron chi connectivity index (χ1n) is 6.13. The van der Waals surface area contributed by atoms with Crippen molar-refractivity contribution in [3.05, 3.63) is 34.9 Å². The second-order valence-electron chi connectivity index (χ2n) is 3.98. The fourth-order valence-electron chi connectivity index (χ4n) is 1.28. The van der Waals surface area contributed by atoms with Crippen LogP contribution in [0.25, 0.3) is 0 Å². The highest BCUT2D eigenvalue weighted by Gasteiger charge is 2.12. The van der Waals surface area contributed by atoms with Gasteiger partial charge in [-0.05, 0) is 24.3 Å². The Morgan fingerprint density at radius 1 is 1.14 bits per heavy atom. The lowest BCUT2D eigenvalue weighted by Crippen LogP contribution is -2.40. The number of nitrogens with one attached hydrogen (secondary N) is 3. The van der Waals surface area contributed by atoms with E-state index >= 15 is 0 Å². The van der Waals surface area contributed by atoms with Gasteiger partial charge in [-0.2, -0.15) is 0 Å². The van der Waals surface area contributed by atoms with Gasteiger partial charge in [0.05, 0.1) is 0 Å². The van der Waals surface area contributed by atoms with Crippen LogP contribution >= 0.6 is 11.6 Å². The van der Waals surface area contributed by atoms with Crippen molar-refractivity contribution in [2.75, 3.05) is 20.2 Å². The first-order chi connectivity index (χ1) is 10.4. The average molecular weight is 328 g/mol. The van der Waals surface area contributed by atoms with Crippen LogP contribution in [-0.4, -0.2) is 44.0 Å². The average Bonchev–Trinajstić information content (AvgIpc) is 2.51. The molecule has 0 aliphatic carbocycles. The number of imide groups is 1. The van der Waals surface area contributed by atoms with E-state index in [4.69, 9.17) is 11.6 Å². The molecule has 1 aromatic carbocycles. The van der Waals surface area contributed by atoms with Gasteiger partial charge in [-0.25, -0.2) is 4.79 Å². The van der Waals surface area contributed by atoms with Crippen LogP contribution < -0.4 is 16.0 Å². The minimum Gasteiger partial charge on any atom is -0.454 e. The predicted octanol–water partition coefficient (Wildman–Crippen LogP) is 0.0686. The van der Waals surface area contributed by atoms with E-state index < -0.39 is 37.0 Å². The zero-order valence-corrected chi connectivity index (χ0v) is 12.4. The molecule has 0 bridgehead atoms. The summed E-state index contributed by atoms with van der Waals surface area (Å²) in [6.07, 6.45) is 0.